The van der Waals surface area contributed by atoms with Crippen LogP contribution >= 0.6 is 0 Å². The molecule has 11 heteroatoms. The molecular formula is C26H36N2O9. The number of amides is 2. The molecule has 1 aliphatic rings. The van der Waals surface area contributed by atoms with Gasteiger partial charge in [0.15, 0.2) is 11.8 Å². The molecule has 1 saturated heterocycles. The van der Waals surface area contributed by atoms with Gasteiger partial charge in [0, 0.05) is 0 Å². The molecule has 0 saturated carbocycles. The number of cyclic esters (lactones) is 2. The largest absolute Gasteiger partial charge is 0.505 e. The zero-order valence-corrected chi connectivity index (χ0v) is 21.8. The summed E-state index contributed by atoms with van der Waals surface area (Å²) in [6.45, 7) is 8.76. The molecule has 2 rings (SSSR count). The number of esters is 3. The average Bonchev–Trinajstić information content (AvgIpc) is 2.86. The Bertz CT molecular complexity index is 994. The van der Waals surface area contributed by atoms with Crippen molar-refractivity contribution in [1.29, 1.82) is 0 Å². The molecule has 37 heavy (non-hydrogen) atoms. The van der Waals surface area contributed by atoms with Gasteiger partial charge in [0.05, 0.1) is 23.8 Å². The van der Waals surface area contributed by atoms with Crippen LogP contribution in [0.25, 0.3) is 0 Å². The Labute approximate surface area is 216 Å². The van der Waals surface area contributed by atoms with Crippen molar-refractivity contribution in [3.63, 3.8) is 0 Å². The first kappa shape index (κ1) is 29.6. The second kappa shape index (κ2) is 13.6. The Balaban J connectivity index is 2.36. The molecule has 0 unspecified atom stereocenters. The van der Waals surface area contributed by atoms with Gasteiger partial charge in [-0.3, -0.25) is 19.2 Å². The number of carbonyl (C=O) groups excluding carboxylic acids is 5. The highest BCUT2D eigenvalue weighted by molar-refractivity contribution is 6.01. The lowest BCUT2D eigenvalue weighted by Crippen LogP contribution is -2.50. The van der Waals surface area contributed by atoms with E-state index in [1.807, 2.05) is 20.8 Å². The number of hydrogen-bond donors (Lipinski definition) is 3. The fourth-order valence-corrected chi connectivity index (χ4v) is 4.06. The van der Waals surface area contributed by atoms with Gasteiger partial charge in [-0.2, -0.15) is 0 Å². The van der Waals surface area contributed by atoms with E-state index in [0.717, 1.165) is 6.42 Å². The average molecular weight is 521 g/mol. The van der Waals surface area contributed by atoms with Crippen LogP contribution < -0.4 is 10.6 Å². The van der Waals surface area contributed by atoms with Gasteiger partial charge >= 0.3 is 17.9 Å². The number of unbranched alkanes of at least 4 members (excludes halogenated alkanes) is 1. The fraction of sp³-hybridized carbons (Fsp3) is 0.577. The minimum absolute atomic E-state index is 0.00527. The molecule has 1 aromatic rings. The topological polar surface area (TPSA) is 157 Å². The van der Waals surface area contributed by atoms with Gasteiger partial charge in [-0.05, 0) is 38.3 Å². The molecule has 0 bridgehead atoms. The fourth-order valence-electron chi connectivity index (χ4n) is 4.06. The zero-order valence-electron chi connectivity index (χ0n) is 21.8. The van der Waals surface area contributed by atoms with E-state index in [1.165, 1.54) is 32.0 Å². The lowest BCUT2D eigenvalue weighted by atomic mass is 9.84. The van der Waals surface area contributed by atoms with Gasteiger partial charge in [-0.1, -0.05) is 39.7 Å². The van der Waals surface area contributed by atoms with Crippen molar-refractivity contribution < 1.29 is 43.3 Å². The molecule has 0 aromatic heterocycles. The maximum absolute atomic E-state index is 13.2. The Morgan fingerprint density at radius 1 is 1.14 bits per heavy atom. The van der Waals surface area contributed by atoms with Crippen molar-refractivity contribution in [3.8, 4) is 5.75 Å². The van der Waals surface area contributed by atoms with Gasteiger partial charge in [-0.25, -0.2) is 4.79 Å². The molecular weight excluding hydrogens is 484 g/mol. The van der Waals surface area contributed by atoms with E-state index in [1.54, 1.807) is 0 Å². The van der Waals surface area contributed by atoms with Crippen molar-refractivity contribution in [1.82, 2.24) is 5.32 Å². The number of para-hydroxylation sites is 1. The Kier molecular flexibility index (Phi) is 10.9. The summed E-state index contributed by atoms with van der Waals surface area (Å²) >= 11 is 0. The van der Waals surface area contributed by atoms with Crippen LogP contribution in [-0.2, 0) is 33.4 Å². The normalized spacial score (nSPS) is 24.1. The first-order chi connectivity index (χ1) is 17.5. The Morgan fingerprint density at radius 3 is 2.43 bits per heavy atom. The van der Waals surface area contributed by atoms with Gasteiger partial charge in [0.2, 0.25) is 6.41 Å². The SMILES string of the molecule is CCCC[C@H]1C(=O)O[C@H](C)[C@H](NC(=O)c2cccc(NC=O)c2O)C(=O)O[C@@H](C)[C@@H]1C(=O)OCC(C)C. The number of nitrogens with one attached hydrogen (secondary N) is 2. The van der Waals surface area contributed by atoms with Crippen LogP contribution in [0.15, 0.2) is 18.2 Å². The van der Waals surface area contributed by atoms with Gasteiger partial charge in [0.25, 0.3) is 5.91 Å². The molecule has 1 aromatic carbocycles. The third-order valence-corrected chi connectivity index (χ3v) is 6.05. The quantitative estimate of drug-likeness (QED) is 0.182. The summed E-state index contributed by atoms with van der Waals surface area (Å²) in [6.07, 6.45) is -0.127. The summed E-state index contributed by atoms with van der Waals surface area (Å²) in [7, 11) is 0. The van der Waals surface area contributed by atoms with Crippen molar-refractivity contribution in [3.05, 3.63) is 23.8 Å². The molecule has 1 aliphatic heterocycles. The summed E-state index contributed by atoms with van der Waals surface area (Å²) in [6, 6.07) is 2.68. The maximum Gasteiger partial charge on any atom is 0.332 e. The molecule has 5 atom stereocenters. The standard InChI is InChI=1S/C26H36N2O9/c1-6-7-9-17-20(25(33)35-12-14(2)3)15(4)36-26(34)21(16(5)37-24(17)32)28-23(31)18-10-8-11-19(22(18)30)27-13-29/h8,10-11,13-17,20-21,30H,6-7,9,12H2,1-5H3,(H,27,29)(H,28,31)/t15-,16+,17+,20-,21-/m0/s1. The second-order valence-corrected chi connectivity index (χ2v) is 9.50. The molecule has 0 aliphatic carbocycles. The lowest BCUT2D eigenvalue weighted by Gasteiger charge is -2.28. The van der Waals surface area contributed by atoms with E-state index >= 15 is 0 Å². The first-order valence-corrected chi connectivity index (χ1v) is 12.4. The van der Waals surface area contributed by atoms with Crippen LogP contribution in [-0.4, -0.2) is 60.2 Å². The minimum Gasteiger partial charge on any atom is -0.505 e. The number of benzene rings is 1. The third kappa shape index (κ3) is 7.68. The minimum atomic E-state index is -1.43. The lowest BCUT2D eigenvalue weighted by molar-refractivity contribution is -0.169. The Morgan fingerprint density at radius 2 is 1.81 bits per heavy atom. The summed E-state index contributed by atoms with van der Waals surface area (Å²) in [5.41, 5.74) is -0.226. The van der Waals surface area contributed by atoms with E-state index in [4.69, 9.17) is 14.2 Å². The number of ether oxygens (including phenoxy) is 3. The highest BCUT2D eigenvalue weighted by atomic mass is 16.6. The smallest absolute Gasteiger partial charge is 0.332 e. The number of phenols is 1. The van der Waals surface area contributed by atoms with E-state index in [2.05, 4.69) is 10.6 Å². The van der Waals surface area contributed by atoms with Gasteiger partial charge in [-0.15, -0.1) is 0 Å². The van der Waals surface area contributed by atoms with Crippen molar-refractivity contribution in [2.24, 2.45) is 17.8 Å². The van der Waals surface area contributed by atoms with Gasteiger partial charge < -0.3 is 30.0 Å². The van der Waals surface area contributed by atoms with Crippen molar-refractivity contribution >= 4 is 35.9 Å². The number of aromatic hydroxyl groups is 1. The number of carbonyl (C=O) groups is 5. The maximum atomic E-state index is 13.2. The molecule has 204 valence electrons. The predicted octanol–water partition coefficient (Wildman–Crippen LogP) is 2.56. The van der Waals surface area contributed by atoms with Crippen LogP contribution in [0.1, 0.15) is 64.2 Å². The van der Waals surface area contributed by atoms with E-state index in [-0.39, 0.29) is 23.8 Å². The van der Waals surface area contributed by atoms with E-state index in [9.17, 15) is 29.1 Å². The summed E-state index contributed by atoms with van der Waals surface area (Å²) in [5.74, 6) is -5.57. The number of rotatable bonds is 10. The molecule has 1 heterocycles. The van der Waals surface area contributed by atoms with Crippen LogP contribution in [0, 0.1) is 17.8 Å². The number of hydrogen-bond acceptors (Lipinski definition) is 9. The summed E-state index contributed by atoms with van der Waals surface area (Å²) in [4.78, 5) is 63.1. The Hall–Kier alpha value is -3.63. The molecule has 11 nitrogen and oxygen atoms in total. The van der Waals surface area contributed by atoms with Crippen molar-refractivity contribution in [2.75, 3.05) is 11.9 Å². The highest BCUT2D eigenvalue weighted by Crippen LogP contribution is 2.30. The van der Waals surface area contributed by atoms with Crippen LogP contribution in [0.5, 0.6) is 5.75 Å². The molecule has 0 radical (unpaired) electrons. The number of phenolic OH excluding ortho intramolecular Hbond substituents is 1. The molecule has 2 amide bonds. The summed E-state index contributed by atoms with van der Waals surface area (Å²) in [5, 5.41) is 15.1. The monoisotopic (exact) mass is 520 g/mol. The van der Waals surface area contributed by atoms with Crippen LogP contribution in [0.2, 0.25) is 0 Å². The molecule has 3 N–H and O–H groups in total. The predicted molar refractivity (Wildman–Crippen MR) is 132 cm³/mol. The zero-order chi connectivity index (χ0) is 27.7. The first-order valence-electron chi connectivity index (χ1n) is 12.4. The second-order valence-electron chi connectivity index (χ2n) is 9.50. The van der Waals surface area contributed by atoms with Crippen molar-refractivity contribution in [2.45, 2.75) is 72.1 Å². The number of anilines is 1. The van der Waals surface area contributed by atoms with E-state index < -0.39 is 59.7 Å². The van der Waals surface area contributed by atoms with Crippen LogP contribution in [0.4, 0.5) is 5.69 Å². The van der Waals surface area contributed by atoms with E-state index in [0.29, 0.717) is 19.3 Å². The van der Waals surface area contributed by atoms with Crippen LogP contribution in [0.3, 0.4) is 0 Å². The summed E-state index contributed by atoms with van der Waals surface area (Å²) < 4.78 is 16.5. The third-order valence-electron chi connectivity index (χ3n) is 6.05. The molecule has 0 spiro atoms. The van der Waals surface area contributed by atoms with Gasteiger partial charge in [0.1, 0.15) is 18.1 Å². The molecule has 1 fully saturated rings. The highest BCUT2D eigenvalue weighted by Gasteiger charge is 2.45.